The second-order valence-corrected chi connectivity index (χ2v) is 6.54. The summed E-state index contributed by atoms with van der Waals surface area (Å²) in [6.07, 6.45) is 6.63. The fraction of sp³-hybridized carbons (Fsp3) is 0.211. The first kappa shape index (κ1) is 15.1. The van der Waals surface area contributed by atoms with Crippen molar-refractivity contribution in [3.8, 4) is 0 Å². The van der Waals surface area contributed by atoms with Crippen molar-refractivity contribution in [1.82, 2.24) is 24.9 Å². The van der Waals surface area contributed by atoms with Crippen LogP contribution in [0.5, 0.6) is 0 Å². The van der Waals surface area contributed by atoms with E-state index in [9.17, 15) is 4.39 Å². The molecule has 3 aromatic heterocycles. The lowest BCUT2D eigenvalue weighted by Crippen LogP contribution is -2.29. The van der Waals surface area contributed by atoms with Crippen LogP contribution in [0.15, 0.2) is 36.8 Å². The predicted molar refractivity (Wildman–Crippen MR) is 99.5 cm³/mol. The fourth-order valence-electron chi connectivity index (χ4n) is 3.64. The highest BCUT2D eigenvalue weighted by Gasteiger charge is 2.19. The minimum Gasteiger partial charge on any atom is -0.360 e. The van der Waals surface area contributed by atoms with E-state index in [1.165, 1.54) is 17.7 Å². The largest absolute Gasteiger partial charge is 0.360 e. The molecule has 6 nitrogen and oxygen atoms in total. The first-order valence-corrected chi connectivity index (χ1v) is 8.57. The molecule has 0 fully saturated rings. The maximum Gasteiger partial charge on any atom is 0.183 e. The fourth-order valence-corrected chi connectivity index (χ4v) is 3.64. The number of anilines is 1. The van der Waals surface area contributed by atoms with Crippen LogP contribution in [-0.2, 0) is 0 Å². The normalized spacial score (nSPS) is 15.0. The van der Waals surface area contributed by atoms with Crippen LogP contribution in [0.4, 0.5) is 10.2 Å². The highest BCUT2D eigenvalue weighted by atomic mass is 19.1. The van der Waals surface area contributed by atoms with Crippen molar-refractivity contribution >= 4 is 33.5 Å². The molecule has 0 spiro atoms. The minimum atomic E-state index is -0.225. The van der Waals surface area contributed by atoms with Gasteiger partial charge in [-0.1, -0.05) is 6.08 Å². The quantitative estimate of drug-likeness (QED) is 0.581. The van der Waals surface area contributed by atoms with Crippen LogP contribution in [0.25, 0.3) is 27.6 Å². The average molecular weight is 348 g/mol. The molecule has 1 aliphatic rings. The molecule has 1 aliphatic heterocycles. The zero-order valence-electron chi connectivity index (χ0n) is 14.3. The van der Waals surface area contributed by atoms with Gasteiger partial charge < -0.3 is 14.9 Å². The topological polar surface area (TPSA) is 73.5 Å². The molecule has 1 aromatic carbocycles. The van der Waals surface area contributed by atoms with E-state index >= 15 is 0 Å². The number of halogens is 1. The summed E-state index contributed by atoms with van der Waals surface area (Å²) in [5.74, 6) is 1.49. The Kier molecular flexibility index (Phi) is 3.28. The van der Waals surface area contributed by atoms with Gasteiger partial charge in [0.25, 0.3) is 0 Å². The summed E-state index contributed by atoms with van der Waals surface area (Å²) < 4.78 is 13.4. The number of hydrogen-bond acceptors (Lipinski definition) is 4. The number of fused-ring (bicyclic) bond motifs is 2. The monoisotopic (exact) mass is 348 g/mol. The third-order valence-corrected chi connectivity index (χ3v) is 4.89. The molecule has 0 radical (unpaired) electrons. The van der Waals surface area contributed by atoms with E-state index in [4.69, 9.17) is 0 Å². The number of aromatic nitrogens is 5. The molecule has 0 atom stereocenters. The Morgan fingerprint density at radius 3 is 3.00 bits per heavy atom. The van der Waals surface area contributed by atoms with E-state index in [-0.39, 0.29) is 5.82 Å². The first-order chi connectivity index (χ1) is 12.7. The molecule has 26 heavy (non-hydrogen) atoms. The molecule has 2 N–H and O–H groups in total. The molecule has 0 aliphatic carbocycles. The Morgan fingerprint density at radius 1 is 1.23 bits per heavy atom. The second kappa shape index (κ2) is 5.66. The Hall–Kier alpha value is -3.22. The van der Waals surface area contributed by atoms with Crippen LogP contribution in [0, 0.1) is 12.7 Å². The molecule has 4 heterocycles. The first-order valence-electron chi connectivity index (χ1n) is 8.57. The van der Waals surface area contributed by atoms with Crippen molar-refractivity contribution in [2.75, 3.05) is 18.0 Å². The van der Waals surface area contributed by atoms with E-state index in [2.05, 4.69) is 35.9 Å². The van der Waals surface area contributed by atoms with E-state index in [1.54, 1.807) is 6.33 Å². The highest BCUT2D eigenvalue weighted by molar-refractivity contribution is 5.93. The number of rotatable bonds is 2. The lowest BCUT2D eigenvalue weighted by molar-refractivity contribution is 0.629. The predicted octanol–water partition coefficient (Wildman–Crippen LogP) is 3.58. The summed E-state index contributed by atoms with van der Waals surface area (Å²) in [6, 6.07) is 4.88. The van der Waals surface area contributed by atoms with Gasteiger partial charge in [-0.15, -0.1) is 0 Å². The molecule has 0 amide bonds. The summed E-state index contributed by atoms with van der Waals surface area (Å²) in [7, 11) is 0. The third-order valence-electron chi connectivity index (χ3n) is 4.89. The minimum absolute atomic E-state index is 0.225. The summed E-state index contributed by atoms with van der Waals surface area (Å²) in [5.41, 5.74) is 4.81. The van der Waals surface area contributed by atoms with Gasteiger partial charge in [-0.05, 0) is 37.1 Å². The summed E-state index contributed by atoms with van der Waals surface area (Å²) in [5, 5.41) is 1.06. The molecular formula is C19H17FN6. The molecule has 7 heteroatoms. The number of nitrogens with zero attached hydrogens (tertiary/aromatic N) is 4. The van der Waals surface area contributed by atoms with Gasteiger partial charge in [-0.25, -0.2) is 19.3 Å². The summed E-state index contributed by atoms with van der Waals surface area (Å²) in [4.78, 5) is 21.7. The van der Waals surface area contributed by atoms with Gasteiger partial charge in [0, 0.05) is 35.8 Å². The molecule has 0 bridgehead atoms. The lowest BCUT2D eigenvalue weighted by atomic mass is 9.99. The number of aromatic amines is 2. The Balaban J connectivity index is 1.48. The number of benzene rings is 1. The van der Waals surface area contributed by atoms with E-state index in [0.29, 0.717) is 5.65 Å². The van der Waals surface area contributed by atoms with E-state index < -0.39 is 0 Å². The summed E-state index contributed by atoms with van der Waals surface area (Å²) in [6.45, 7) is 3.52. The van der Waals surface area contributed by atoms with Crippen molar-refractivity contribution in [2.45, 2.75) is 13.3 Å². The molecule has 0 unspecified atom stereocenters. The van der Waals surface area contributed by atoms with Crippen LogP contribution in [0.1, 0.15) is 17.8 Å². The summed E-state index contributed by atoms with van der Waals surface area (Å²) >= 11 is 0. The Bertz CT molecular complexity index is 1160. The van der Waals surface area contributed by atoms with Gasteiger partial charge in [0.2, 0.25) is 0 Å². The number of imidazole rings is 1. The van der Waals surface area contributed by atoms with Gasteiger partial charge in [-0.3, -0.25) is 0 Å². The number of aryl methyl sites for hydroxylation is 1. The van der Waals surface area contributed by atoms with Crippen LogP contribution >= 0.6 is 0 Å². The van der Waals surface area contributed by atoms with Gasteiger partial charge in [0.15, 0.2) is 11.5 Å². The van der Waals surface area contributed by atoms with Crippen molar-refractivity contribution in [2.24, 2.45) is 0 Å². The highest BCUT2D eigenvalue weighted by Crippen LogP contribution is 2.31. The molecule has 130 valence electrons. The molecule has 5 rings (SSSR count). The van der Waals surface area contributed by atoms with Crippen LogP contribution in [-0.4, -0.2) is 38.0 Å². The van der Waals surface area contributed by atoms with E-state index in [0.717, 1.165) is 53.1 Å². The number of H-pyrrole nitrogens is 2. The Morgan fingerprint density at radius 2 is 2.15 bits per heavy atom. The van der Waals surface area contributed by atoms with Crippen LogP contribution in [0.2, 0.25) is 0 Å². The van der Waals surface area contributed by atoms with Crippen LogP contribution in [0.3, 0.4) is 0 Å². The molecular weight excluding hydrogens is 331 g/mol. The van der Waals surface area contributed by atoms with Gasteiger partial charge in [-0.2, -0.15) is 0 Å². The maximum absolute atomic E-state index is 13.4. The second-order valence-electron chi connectivity index (χ2n) is 6.54. The van der Waals surface area contributed by atoms with Crippen molar-refractivity contribution in [1.29, 1.82) is 0 Å². The zero-order valence-corrected chi connectivity index (χ0v) is 14.3. The van der Waals surface area contributed by atoms with Gasteiger partial charge >= 0.3 is 0 Å². The Labute approximate surface area is 148 Å². The number of hydrogen-bond donors (Lipinski definition) is 2. The SMILES string of the molecule is Cc1nc2ncnc(N3CC=C(c4c[nH]c5cc(F)ccc45)CC3)c2[nH]1. The molecule has 0 saturated heterocycles. The molecule has 4 aromatic rings. The molecule has 0 saturated carbocycles. The van der Waals surface area contributed by atoms with Crippen molar-refractivity contribution < 1.29 is 4.39 Å². The zero-order chi connectivity index (χ0) is 17.7. The maximum atomic E-state index is 13.4. The van der Waals surface area contributed by atoms with Crippen LogP contribution < -0.4 is 4.90 Å². The number of nitrogens with one attached hydrogen (secondary N) is 2. The standard InChI is InChI=1S/C19H17FN6/c1-11-24-17-18(25-11)22-10-23-19(17)26-6-4-12(5-7-26)15-9-21-16-8-13(20)2-3-14(15)16/h2-4,8-10,21H,5-7H2,1H3,(H,22,23,24,25). The lowest BCUT2D eigenvalue weighted by Gasteiger charge is -2.27. The average Bonchev–Trinajstić information content (AvgIpc) is 3.23. The van der Waals surface area contributed by atoms with Gasteiger partial charge in [0.05, 0.1) is 0 Å². The smallest absolute Gasteiger partial charge is 0.183 e. The third kappa shape index (κ3) is 2.35. The van der Waals surface area contributed by atoms with Crippen molar-refractivity contribution in [3.63, 3.8) is 0 Å². The van der Waals surface area contributed by atoms with Crippen molar-refractivity contribution in [3.05, 3.63) is 54.0 Å². The van der Waals surface area contributed by atoms with Gasteiger partial charge in [0.1, 0.15) is 23.5 Å². The van der Waals surface area contributed by atoms with E-state index in [1.807, 2.05) is 19.2 Å².